The lowest BCUT2D eigenvalue weighted by Gasteiger charge is -2.09. The maximum absolute atomic E-state index is 12.1. The molecule has 2 aromatic rings. The van der Waals surface area contributed by atoms with E-state index in [9.17, 15) is 4.79 Å². The van der Waals surface area contributed by atoms with Crippen molar-refractivity contribution >= 4 is 23.3 Å². The molecule has 0 spiro atoms. The van der Waals surface area contributed by atoms with E-state index in [1.165, 1.54) is 0 Å². The number of hydrogen-bond acceptors (Lipinski definition) is 4. The summed E-state index contributed by atoms with van der Waals surface area (Å²) in [5.74, 6) is -0.426. The molecule has 0 atom stereocenters. The summed E-state index contributed by atoms with van der Waals surface area (Å²) in [6.45, 7) is 3.66. The molecule has 0 saturated heterocycles. The fourth-order valence-corrected chi connectivity index (χ4v) is 2.14. The summed E-state index contributed by atoms with van der Waals surface area (Å²) >= 11 is 6.11. The number of esters is 1. The molecule has 0 fully saturated rings. The van der Waals surface area contributed by atoms with Crippen LogP contribution in [0, 0.1) is 13.8 Å². The van der Waals surface area contributed by atoms with E-state index < -0.39 is 5.97 Å². The van der Waals surface area contributed by atoms with Crippen LogP contribution in [-0.2, 0) is 18.4 Å². The standard InChI is InChI=1S/C14H16ClN3O2/c1-8-10(5-4-6-11(8)16)14(19)20-7-12-13(15)9(2)17-18(12)3/h4-6H,7,16H2,1-3H3. The van der Waals surface area contributed by atoms with Gasteiger partial charge in [-0.2, -0.15) is 5.10 Å². The number of carbonyl (C=O) groups excluding carboxylic acids is 1. The van der Waals surface area contributed by atoms with Gasteiger partial charge in [-0.05, 0) is 31.5 Å². The Morgan fingerprint density at radius 3 is 2.75 bits per heavy atom. The smallest absolute Gasteiger partial charge is 0.338 e. The predicted molar refractivity (Wildman–Crippen MR) is 77.7 cm³/mol. The highest BCUT2D eigenvalue weighted by Gasteiger charge is 2.16. The fourth-order valence-electron chi connectivity index (χ4n) is 1.92. The third-order valence-corrected chi connectivity index (χ3v) is 3.69. The largest absolute Gasteiger partial charge is 0.456 e. The SMILES string of the molecule is Cc1nn(C)c(COC(=O)c2cccc(N)c2C)c1Cl. The molecule has 0 aliphatic rings. The predicted octanol–water partition coefficient (Wildman–Crippen LogP) is 2.63. The van der Waals surface area contributed by atoms with Gasteiger partial charge in [0, 0.05) is 12.7 Å². The molecule has 0 amide bonds. The molecule has 0 aliphatic heterocycles. The third-order valence-electron chi connectivity index (χ3n) is 3.20. The Morgan fingerprint density at radius 2 is 2.15 bits per heavy atom. The summed E-state index contributed by atoms with van der Waals surface area (Å²) in [7, 11) is 1.76. The van der Waals surface area contributed by atoms with Gasteiger partial charge in [0.2, 0.25) is 0 Å². The van der Waals surface area contributed by atoms with Gasteiger partial charge in [-0.25, -0.2) is 4.79 Å². The van der Waals surface area contributed by atoms with Crippen molar-refractivity contribution in [3.8, 4) is 0 Å². The van der Waals surface area contributed by atoms with Gasteiger partial charge in [-0.15, -0.1) is 0 Å². The highest BCUT2D eigenvalue weighted by atomic mass is 35.5. The molecular formula is C14H16ClN3O2. The van der Waals surface area contributed by atoms with E-state index in [4.69, 9.17) is 22.1 Å². The summed E-state index contributed by atoms with van der Waals surface area (Å²) in [5.41, 5.74) is 8.88. The molecule has 6 heteroatoms. The zero-order valence-electron chi connectivity index (χ0n) is 11.6. The van der Waals surface area contributed by atoms with Crippen molar-refractivity contribution in [1.82, 2.24) is 9.78 Å². The minimum Gasteiger partial charge on any atom is -0.456 e. The minimum atomic E-state index is -0.426. The second-order valence-corrected chi connectivity index (χ2v) is 4.94. The molecule has 0 radical (unpaired) electrons. The van der Waals surface area contributed by atoms with Crippen molar-refractivity contribution < 1.29 is 9.53 Å². The molecule has 0 aliphatic carbocycles. The third kappa shape index (κ3) is 2.63. The Kier molecular flexibility index (Phi) is 3.99. The molecule has 0 bridgehead atoms. The second-order valence-electron chi connectivity index (χ2n) is 4.57. The highest BCUT2D eigenvalue weighted by molar-refractivity contribution is 6.31. The number of benzene rings is 1. The first-order valence-corrected chi connectivity index (χ1v) is 6.49. The van der Waals surface area contributed by atoms with Gasteiger partial charge >= 0.3 is 5.97 Å². The van der Waals surface area contributed by atoms with Gasteiger partial charge in [0.05, 0.1) is 22.0 Å². The van der Waals surface area contributed by atoms with E-state index in [0.29, 0.717) is 33.2 Å². The lowest BCUT2D eigenvalue weighted by atomic mass is 10.1. The van der Waals surface area contributed by atoms with Gasteiger partial charge in [-0.3, -0.25) is 4.68 Å². The zero-order valence-corrected chi connectivity index (χ0v) is 12.4. The van der Waals surface area contributed by atoms with E-state index in [1.54, 1.807) is 43.8 Å². The molecule has 1 heterocycles. The maximum atomic E-state index is 12.1. The van der Waals surface area contributed by atoms with Crippen molar-refractivity contribution in [2.24, 2.45) is 7.05 Å². The van der Waals surface area contributed by atoms with Gasteiger partial charge in [-0.1, -0.05) is 17.7 Å². The Labute approximate surface area is 122 Å². The van der Waals surface area contributed by atoms with E-state index in [2.05, 4.69) is 5.10 Å². The van der Waals surface area contributed by atoms with Crippen LogP contribution in [-0.4, -0.2) is 15.7 Å². The molecule has 1 aromatic carbocycles. The van der Waals surface area contributed by atoms with Gasteiger partial charge in [0.25, 0.3) is 0 Å². The topological polar surface area (TPSA) is 70.1 Å². The Bertz CT molecular complexity index is 665. The van der Waals surface area contributed by atoms with E-state index in [1.807, 2.05) is 0 Å². The van der Waals surface area contributed by atoms with Crippen LogP contribution in [0.5, 0.6) is 0 Å². The first-order valence-electron chi connectivity index (χ1n) is 6.12. The summed E-state index contributed by atoms with van der Waals surface area (Å²) in [6.07, 6.45) is 0. The van der Waals surface area contributed by atoms with Crippen LogP contribution in [0.1, 0.15) is 27.3 Å². The number of ether oxygens (including phenoxy) is 1. The summed E-state index contributed by atoms with van der Waals surface area (Å²) in [5, 5.41) is 4.68. The molecule has 5 nitrogen and oxygen atoms in total. The lowest BCUT2D eigenvalue weighted by Crippen LogP contribution is -2.10. The molecule has 0 unspecified atom stereocenters. The first-order chi connectivity index (χ1) is 9.41. The number of anilines is 1. The first kappa shape index (κ1) is 14.4. The molecule has 20 heavy (non-hydrogen) atoms. The molecule has 2 N–H and O–H groups in total. The van der Waals surface area contributed by atoms with E-state index in [-0.39, 0.29) is 6.61 Å². The van der Waals surface area contributed by atoms with Crippen molar-refractivity contribution in [2.75, 3.05) is 5.73 Å². The van der Waals surface area contributed by atoms with E-state index in [0.717, 1.165) is 0 Å². The van der Waals surface area contributed by atoms with Crippen molar-refractivity contribution in [1.29, 1.82) is 0 Å². The average molecular weight is 294 g/mol. The summed E-state index contributed by atoms with van der Waals surface area (Å²) in [4.78, 5) is 12.1. The number of carbonyl (C=O) groups is 1. The van der Waals surface area contributed by atoms with Crippen molar-refractivity contribution in [3.05, 3.63) is 45.7 Å². The number of hydrogen-bond donors (Lipinski definition) is 1. The fraction of sp³-hybridized carbons (Fsp3) is 0.286. The molecular weight excluding hydrogens is 278 g/mol. The highest BCUT2D eigenvalue weighted by Crippen LogP contribution is 2.21. The van der Waals surface area contributed by atoms with Crippen molar-refractivity contribution in [3.63, 3.8) is 0 Å². The number of nitrogens with zero attached hydrogens (tertiary/aromatic N) is 2. The minimum absolute atomic E-state index is 0.0727. The second kappa shape index (κ2) is 5.54. The van der Waals surface area contributed by atoms with Crippen LogP contribution < -0.4 is 5.73 Å². The van der Waals surface area contributed by atoms with Gasteiger partial charge in [0.1, 0.15) is 6.61 Å². The van der Waals surface area contributed by atoms with Crippen LogP contribution in [0.3, 0.4) is 0 Å². The molecule has 1 aromatic heterocycles. The quantitative estimate of drug-likeness (QED) is 0.697. The van der Waals surface area contributed by atoms with Gasteiger partial charge in [0.15, 0.2) is 0 Å². The maximum Gasteiger partial charge on any atom is 0.338 e. The number of rotatable bonds is 3. The normalized spacial score (nSPS) is 10.6. The molecule has 106 valence electrons. The average Bonchev–Trinajstić information content (AvgIpc) is 2.64. The number of nitrogens with two attached hydrogens (primary N) is 1. The van der Waals surface area contributed by atoms with Crippen LogP contribution in [0.4, 0.5) is 5.69 Å². The Balaban J connectivity index is 2.15. The Morgan fingerprint density at radius 1 is 1.45 bits per heavy atom. The molecule has 0 saturated carbocycles. The van der Waals surface area contributed by atoms with Crippen molar-refractivity contribution in [2.45, 2.75) is 20.5 Å². The van der Waals surface area contributed by atoms with E-state index >= 15 is 0 Å². The summed E-state index contributed by atoms with van der Waals surface area (Å²) in [6, 6.07) is 5.15. The summed E-state index contributed by atoms with van der Waals surface area (Å²) < 4.78 is 6.89. The van der Waals surface area contributed by atoms with Crippen LogP contribution >= 0.6 is 11.6 Å². The number of halogens is 1. The number of nitrogen functional groups attached to an aromatic ring is 1. The number of aryl methyl sites for hydroxylation is 2. The lowest BCUT2D eigenvalue weighted by molar-refractivity contribution is 0.0463. The van der Waals surface area contributed by atoms with Crippen LogP contribution in [0.25, 0.3) is 0 Å². The Hall–Kier alpha value is -2.01. The number of aromatic nitrogens is 2. The molecule has 2 rings (SSSR count). The van der Waals surface area contributed by atoms with Crippen LogP contribution in [0.2, 0.25) is 5.02 Å². The van der Waals surface area contributed by atoms with Crippen LogP contribution in [0.15, 0.2) is 18.2 Å². The zero-order chi connectivity index (χ0) is 14.9. The monoisotopic (exact) mass is 293 g/mol. The van der Waals surface area contributed by atoms with Gasteiger partial charge < -0.3 is 10.5 Å².